The summed E-state index contributed by atoms with van der Waals surface area (Å²) >= 11 is 1.28. The van der Waals surface area contributed by atoms with E-state index in [9.17, 15) is 24.0 Å². The lowest BCUT2D eigenvalue weighted by Crippen LogP contribution is -2.74. The lowest BCUT2D eigenvalue weighted by atomic mass is 9.95. The first-order valence-electron chi connectivity index (χ1n) is 17.0. The van der Waals surface area contributed by atoms with Crippen molar-refractivity contribution < 1.29 is 38.2 Å². The van der Waals surface area contributed by atoms with E-state index < -0.39 is 53.2 Å². The molecule has 0 unspecified atom stereocenters. The molecule has 2 aromatic carbocycles. The average Bonchev–Trinajstić information content (AvgIpc) is 3.75. The Morgan fingerprint density at radius 2 is 1.69 bits per heavy atom. The zero-order valence-electron chi connectivity index (χ0n) is 28.9. The van der Waals surface area contributed by atoms with Crippen LogP contribution in [0.25, 0.3) is 0 Å². The van der Waals surface area contributed by atoms with Gasteiger partial charge in [0.05, 0.1) is 6.04 Å². The van der Waals surface area contributed by atoms with Crippen LogP contribution in [-0.2, 0) is 28.6 Å². The Hall–Kier alpha value is -5.04. The summed E-state index contributed by atoms with van der Waals surface area (Å²) in [7, 11) is 0. The maximum atomic E-state index is 14.4. The molecule has 3 saturated heterocycles. The maximum Gasteiger partial charge on any atom is 0.410 e. The number of likely N-dealkylation sites (tertiary alicyclic amines) is 2. The molecule has 3 fully saturated rings. The maximum absolute atomic E-state index is 14.4. The van der Waals surface area contributed by atoms with E-state index in [1.54, 1.807) is 42.1 Å². The number of nitrogens with zero attached hydrogens (tertiary/aromatic N) is 3. The predicted molar refractivity (Wildman–Crippen MR) is 190 cm³/mol. The average molecular weight is 715 g/mol. The number of rotatable bonds is 9. The highest BCUT2D eigenvalue weighted by Gasteiger charge is 2.56. The topological polar surface area (TPSA) is 135 Å². The molecule has 4 atom stereocenters. The zero-order chi connectivity index (χ0) is 36.3. The Morgan fingerprint density at radius 3 is 2.31 bits per heavy atom. The number of hydrogen-bond acceptors (Lipinski definition) is 9. The van der Waals surface area contributed by atoms with E-state index in [-0.39, 0.29) is 18.6 Å². The Balaban J connectivity index is 1.26. The summed E-state index contributed by atoms with van der Waals surface area (Å²) in [6.45, 7) is 10.2. The first-order valence-corrected chi connectivity index (χ1v) is 17.9. The number of hydrogen-bond donors (Lipinski definition) is 1. The number of ether oxygens (including phenoxy) is 3. The second-order valence-electron chi connectivity index (χ2n) is 13.7. The Bertz CT molecular complexity index is 1700. The van der Waals surface area contributed by atoms with Gasteiger partial charge in [-0.25, -0.2) is 14.4 Å². The van der Waals surface area contributed by atoms with Crippen molar-refractivity contribution in [1.29, 1.82) is 0 Å². The number of β-lactam (4-membered cyclic amide) rings is 1. The smallest absolute Gasteiger partial charge is 0.410 e. The van der Waals surface area contributed by atoms with Gasteiger partial charge in [0.1, 0.15) is 23.6 Å². The van der Waals surface area contributed by atoms with Crippen molar-refractivity contribution in [2.24, 2.45) is 0 Å². The summed E-state index contributed by atoms with van der Waals surface area (Å²) in [5.74, 6) is -1.32. The van der Waals surface area contributed by atoms with Gasteiger partial charge in [-0.05, 0) is 61.8 Å². The van der Waals surface area contributed by atoms with Crippen molar-refractivity contribution in [3.05, 3.63) is 107 Å². The van der Waals surface area contributed by atoms with Gasteiger partial charge < -0.3 is 34.2 Å². The van der Waals surface area contributed by atoms with E-state index >= 15 is 0 Å². The second-order valence-corrected chi connectivity index (χ2v) is 14.7. The molecule has 51 heavy (non-hydrogen) atoms. The van der Waals surface area contributed by atoms with Gasteiger partial charge in [-0.1, -0.05) is 73.3 Å². The van der Waals surface area contributed by atoms with Crippen molar-refractivity contribution in [3.63, 3.8) is 0 Å². The van der Waals surface area contributed by atoms with Gasteiger partial charge in [-0.15, -0.1) is 11.8 Å². The molecule has 0 spiro atoms. The Kier molecular flexibility index (Phi) is 10.6. The van der Waals surface area contributed by atoms with E-state index in [1.165, 1.54) is 22.7 Å². The normalized spacial score (nSPS) is 23.8. The summed E-state index contributed by atoms with van der Waals surface area (Å²) in [5, 5.41) is 3.82. The summed E-state index contributed by atoms with van der Waals surface area (Å²) < 4.78 is 16.8. The van der Waals surface area contributed by atoms with Crippen LogP contribution in [0.5, 0.6) is 0 Å². The molecule has 6 rings (SSSR count). The highest BCUT2D eigenvalue weighted by molar-refractivity contribution is 8.03. The molecular formula is C38H42N4O8S. The lowest BCUT2D eigenvalue weighted by molar-refractivity contribution is -0.164. The van der Waals surface area contributed by atoms with Gasteiger partial charge in [-0.2, -0.15) is 0 Å². The van der Waals surface area contributed by atoms with Crippen LogP contribution in [0.4, 0.5) is 9.59 Å². The standard InChI is InChI=1S/C38H42N4O8S/c1-5-20-48-37(47)40-18-17-28(22-40)41-19-16-26(32(41)43)21-27-23-51-34-29(39-36(46)50-38(2,3)4)33(44)42(34)30(27)35(45)49-31(24-12-8-6-9-13-24)25-14-10-7-11-15-25/h5-15,21,23,28-31,34H,1,16-20,22H2,2-4H3,(H,39,46)/t28-,29+,30+,34+/m0/s1. The molecule has 4 aliphatic heterocycles. The number of thioether (sulfide) groups is 1. The van der Waals surface area contributed by atoms with Gasteiger partial charge in [0.15, 0.2) is 12.1 Å². The summed E-state index contributed by atoms with van der Waals surface area (Å²) in [4.78, 5) is 71.6. The predicted octanol–water partition coefficient (Wildman–Crippen LogP) is 4.94. The number of fused-ring (bicyclic) bond motifs is 1. The van der Waals surface area contributed by atoms with Gasteiger partial charge in [-0.3, -0.25) is 9.59 Å². The van der Waals surface area contributed by atoms with E-state index in [2.05, 4.69) is 11.9 Å². The number of carbonyl (C=O) groups is 5. The lowest BCUT2D eigenvalue weighted by Gasteiger charge is -2.51. The highest BCUT2D eigenvalue weighted by atomic mass is 32.2. The zero-order valence-corrected chi connectivity index (χ0v) is 29.7. The number of amides is 4. The SMILES string of the molecule is C=CCOC(=O)N1CC[C@H](N2CCC(=CC3=CS[C@@H]4[C@H](NC(=O)OC(C)(C)C)C(=O)N4[C@H]3C(=O)OC(c3ccccc3)c3ccccc3)C2=O)C1. The number of alkyl carbamates (subject to hydrolysis) is 1. The van der Waals surface area contributed by atoms with Crippen LogP contribution in [0.2, 0.25) is 0 Å². The Labute approximate surface area is 301 Å². The van der Waals surface area contributed by atoms with Crippen LogP contribution in [0.15, 0.2) is 95.9 Å². The minimum atomic E-state index is -1.17. The third kappa shape index (κ3) is 7.83. The van der Waals surface area contributed by atoms with Gasteiger partial charge in [0.25, 0.3) is 0 Å². The molecule has 2 aromatic rings. The Morgan fingerprint density at radius 1 is 1.02 bits per heavy atom. The van der Waals surface area contributed by atoms with Gasteiger partial charge in [0.2, 0.25) is 11.8 Å². The molecule has 268 valence electrons. The first kappa shape index (κ1) is 35.8. The van der Waals surface area contributed by atoms with Crippen molar-refractivity contribution in [2.45, 2.75) is 68.8 Å². The molecule has 0 bridgehead atoms. The molecule has 4 aliphatic rings. The summed E-state index contributed by atoms with van der Waals surface area (Å²) in [6.07, 6.45) is 2.30. The number of benzene rings is 2. The van der Waals surface area contributed by atoms with Crippen molar-refractivity contribution in [1.82, 2.24) is 20.0 Å². The molecule has 0 saturated carbocycles. The first-order chi connectivity index (χ1) is 24.4. The van der Waals surface area contributed by atoms with Crippen LogP contribution >= 0.6 is 11.8 Å². The number of esters is 1. The van der Waals surface area contributed by atoms with Crippen LogP contribution < -0.4 is 5.32 Å². The van der Waals surface area contributed by atoms with E-state index in [1.807, 2.05) is 60.7 Å². The number of nitrogens with one attached hydrogen (secondary N) is 1. The molecule has 0 aliphatic carbocycles. The fourth-order valence-corrected chi connectivity index (χ4v) is 7.87. The van der Waals surface area contributed by atoms with Crippen LogP contribution in [0.1, 0.15) is 50.8 Å². The minimum Gasteiger partial charge on any atom is -0.451 e. The molecule has 4 heterocycles. The molecule has 1 N–H and O–H groups in total. The van der Waals surface area contributed by atoms with Crippen LogP contribution in [0, 0.1) is 0 Å². The molecular weight excluding hydrogens is 673 g/mol. The summed E-state index contributed by atoms with van der Waals surface area (Å²) in [6, 6.07) is 16.4. The van der Waals surface area contributed by atoms with Crippen molar-refractivity contribution in [3.8, 4) is 0 Å². The fraction of sp³-hybridized carbons (Fsp3) is 0.395. The molecule has 13 heteroatoms. The third-order valence-corrected chi connectivity index (χ3v) is 10.2. The van der Waals surface area contributed by atoms with Gasteiger partial charge in [0, 0.05) is 25.2 Å². The van der Waals surface area contributed by atoms with E-state index in [4.69, 9.17) is 14.2 Å². The summed E-state index contributed by atoms with van der Waals surface area (Å²) in [5.41, 5.74) is 1.67. The van der Waals surface area contributed by atoms with E-state index in [0.29, 0.717) is 43.6 Å². The molecule has 4 amide bonds. The second kappa shape index (κ2) is 15.1. The third-order valence-electron chi connectivity index (χ3n) is 9.04. The highest BCUT2D eigenvalue weighted by Crippen LogP contribution is 2.42. The number of carbonyl (C=O) groups excluding carboxylic acids is 5. The van der Waals surface area contributed by atoms with Gasteiger partial charge >= 0.3 is 18.2 Å². The monoisotopic (exact) mass is 714 g/mol. The molecule has 0 aromatic heterocycles. The van der Waals surface area contributed by atoms with Crippen molar-refractivity contribution >= 4 is 41.7 Å². The largest absolute Gasteiger partial charge is 0.451 e. The quantitative estimate of drug-likeness (QED) is 0.126. The molecule has 0 radical (unpaired) electrons. The van der Waals surface area contributed by atoms with Crippen LogP contribution in [0.3, 0.4) is 0 Å². The van der Waals surface area contributed by atoms with Crippen molar-refractivity contribution in [2.75, 3.05) is 26.2 Å². The minimum absolute atomic E-state index is 0.113. The van der Waals surface area contributed by atoms with Crippen LogP contribution in [-0.4, -0.2) is 100 Å². The molecule has 12 nitrogen and oxygen atoms in total. The fourth-order valence-electron chi connectivity index (χ4n) is 6.67. The van der Waals surface area contributed by atoms with E-state index in [0.717, 1.165) is 11.1 Å².